The second kappa shape index (κ2) is 3.72. The molecule has 0 spiro atoms. The van der Waals surface area contributed by atoms with Crippen LogP contribution in [0.1, 0.15) is 6.92 Å². The van der Waals surface area contributed by atoms with Gasteiger partial charge in [0, 0.05) is 0 Å². The van der Waals surface area contributed by atoms with Gasteiger partial charge in [-0.05, 0) is 6.92 Å². The predicted octanol–water partition coefficient (Wildman–Crippen LogP) is 1.13. The molecule has 3 nitrogen and oxygen atoms in total. The van der Waals surface area contributed by atoms with E-state index in [0.29, 0.717) is 0 Å². The van der Waals surface area contributed by atoms with Crippen LogP contribution in [0.3, 0.4) is 0 Å². The van der Waals surface area contributed by atoms with E-state index in [1.54, 1.807) is 0 Å². The van der Waals surface area contributed by atoms with Crippen LogP contribution in [0.15, 0.2) is 24.7 Å². The largest absolute Gasteiger partial charge is 0.478 e. The molecule has 1 N–H and O–H groups in total. The third-order valence-corrected chi connectivity index (χ3v) is 0.678. The van der Waals surface area contributed by atoms with E-state index >= 15 is 0 Å². The van der Waals surface area contributed by atoms with Crippen molar-refractivity contribution >= 4 is 5.97 Å². The summed E-state index contributed by atoms with van der Waals surface area (Å²) in [4.78, 5) is 10.0. The molecule has 0 aliphatic carbocycles. The van der Waals surface area contributed by atoms with Crippen LogP contribution in [0, 0.1) is 0 Å². The van der Waals surface area contributed by atoms with E-state index in [9.17, 15) is 4.79 Å². The summed E-state index contributed by atoms with van der Waals surface area (Å²) in [6.45, 7) is 4.67. The standard InChI is InChI=1S/C6H8O3/c1-3-9-4-5(2)6(7)8/h3-4H,1H2,2H3,(H,7,8). The Balaban J connectivity index is 3.83. The third-order valence-electron chi connectivity index (χ3n) is 0.678. The molecule has 0 rings (SSSR count). The smallest absolute Gasteiger partial charge is 0.334 e. The van der Waals surface area contributed by atoms with Gasteiger partial charge in [0.2, 0.25) is 0 Å². The summed E-state index contributed by atoms with van der Waals surface area (Å²) in [5, 5.41) is 8.23. The lowest BCUT2D eigenvalue weighted by atomic mass is 10.4. The van der Waals surface area contributed by atoms with E-state index in [0.717, 1.165) is 12.5 Å². The molecule has 0 unspecified atom stereocenters. The lowest BCUT2D eigenvalue weighted by Crippen LogP contribution is -1.95. The molecule has 9 heavy (non-hydrogen) atoms. The normalized spacial score (nSPS) is 10.6. The fraction of sp³-hybridized carbons (Fsp3) is 0.167. The van der Waals surface area contributed by atoms with Gasteiger partial charge in [-0.25, -0.2) is 4.79 Å². The minimum atomic E-state index is -0.989. The van der Waals surface area contributed by atoms with Gasteiger partial charge in [-0.3, -0.25) is 0 Å². The van der Waals surface area contributed by atoms with E-state index in [-0.39, 0.29) is 5.57 Å². The molecule has 0 amide bonds. The molecule has 0 aliphatic heterocycles. The Morgan fingerprint density at radius 2 is 2.33 bits per heavy atom. The van der Waals surface area contributed by atoms with Crippen molar-refractivity contribution in [1.29, 1.82) is 0 Å². The first-order valence-electron chi connectivity index (χ1n) is 2.35. The van der Waals surface area contributed by atoms with Crippen LogP contribution < -0.4 is 0 Å². The molecule has 0 heterocycles. The van der Waals surface area contributed by atoms with E-state index in [2.05, 4.69) is 11.3 Å². The fourth-order valence-corrected chi connectivity index (χ4v) is 0.201. The number of aliphatic carboxylic acids is 1. The number of hydrogen-bond donors (Lipinski definition) is 1. The van der Waals surface area contributed by atoms with Gasteiger partial charge in [-0.15, -0.1) is 0 Å². The van der Waals surface area contributed by atoms with Crippen LogP contribution in [-0.4, -0.2) is 11.1 Å². The van der Waals surface area contributed by atoms with Crippen molar-refractivity contribution in [3.8, 4) is 0 Å². The Bertz CT molecular complexity index is 146. The summed E-state index contributed by atoms with van der Waals surface area (Å²) < 4.78 is 4.48. The van der Waals surface area contributed by atoms with Gasteiger partial charge in [-0.2, -0.15) is 0 Å². The molecular formula is C6H8O3. The van der Waals surface area contributed by atoms with Gasteiger partial charge >= 0.3 is 5.97 Å². The van der Waals surface area contributed by atoms with Crippen molar-refractivity contribution in [2.24, 2.45) is 0 Å². The van der Waals surface area contributed by atoms with Crippen molar-refractivity contribution in [2.45, 2.75) is 6.92 Å². The van der Waals surface area contributed by atoms with Crippen molar-refractivity contribution in [3.63, 3.8) is 0 Å². The Morgan fingerprint density at radius 3 is 2.67 bits per heavy atom. The van der Waals surface area contributed by atoms with Gasteiger partial charge in [0.1, 0.15) is 6.26 Å². The molecule has 0 atom stereocenters. The molecule has 0 aromatic rings. The maximum absolute atomic E-state index is 10.0. The summed E-state index contributed by atoms with van der Waals surface area (Å²) in [5.41, 5.74) is 0.148. The molecule has 0 aromatic carbocycles. The highest BCUT2D eigenvalue weighted by Gasteiger charge is 1.96. The minimum Gasteiger partial charge on any atom is -0.478 e. The molecule has 0 bridgehead atoms. The van der Waals surface area contributed by atoms with Crippen molar-refractivity contribution < 1.29 is 14.6 Å². The summed E-state index contributed by atoms with van der Waals surface area (Å²) in [6, 6.07) is 0. The number of ether oxygens (including phenoxy) is 1. The number of hydrogen-bond acceptors (Lipinski definition) is 2. The summed E-state index contributed by atoms with van der Waals surface area (Å²) in [7, 11) is 0. The van der Waals surface area contributed by atoms with Crippen molar-refractivity contribution in [3.05, 3.63) is 24.7 Å². The Labute approximate surface area is 53.3 Å². The number of carbonyl (C=O) groups is 1. The van der Waals surface area contributed by atoms with Gasteiger partial charge in [-0.1, -0.05) is 6.58 Å². The first-order valence-corrected chi connectivity index (χ1v) is 2.35. The quantitative estimate of drug-likeness (QED) is 0.458. The zero-order valence-electron chi connectivity index (χ0n) is 5.13. The van der Waals surface area contributed by atoms with E-state index < -0.39 is 5.97 Å². The second-order valence-corrected chi connectivity index (χ2v) is 1.41. The van der Waals surface area contributed by atoms with E-state index in [4.69, 9.17) is 5.11 Å². The van der Waals surface area contributed by atoms with Gasteiger partial charge in [0.15, 0.2) is 0 Å². The average molecular weight is 128 g/mol. The molecule has 0 fully saturated rings. The van der Waals surface area contributed by atoms with Crippen molar-refractivity contribution in [1.82, 2.24) is 0 Å². The molecular weight excluding hydrogens is 120 g/mol. The highest BCUT2D eigenvalue weighted by atomic mass is 16.5. The lowest BCUT2D eigenvalue weighted by Gasteiger charge is -1.90. The van der Waals surface area contributed by atoms with Crippen LogP contribution in [0.25, 0.3) is 0 Å². The molecule has 50 valence electrons. The summed E-state index contributed by atoms with van der Waals surface area (Å²) in [5.74, 6) is -0.989. The Kier molecular flexibility index (Phi) is 3.20. The van der Waals surface area contributed by atoms with E-state index in [1.807, 2.05) is 0 Å². The maximum Gasteiger partial charge on any atom is 0.334 e. The predicted molar refractivity (Wildman–Crippen MR) is 32.7 cm³/mol. The molecule has 0 aromatic heterocycles. The average Bonchev–Trinajstić information content (AvgIpc) is 1.82. The molecule has 0 saturated heterocycles. The Hall–Kier alpha value is -1.25. The van der Waals surface area contributed by atoms with Crippen molar-refractivity contribution in [2.75, 3.05) is 0 Å². The second-order valence-electron chi connectivity index (χ2n) is 1.41. The van der Waals surface area contributed by atoms with Gasteiger partial charge in [0.05, 0.1) is 11.8 Å². The first-order chi connectivity index (χ1) is 4.18. The van der Waals surface area contributed by atoms with Crippen LogP contribution in [0.2, 0.25) is 0 Å². The van der Waals surface area contributed by atoms with Gasteiger partial charge < -0.3 is 9.84 Å². The monoisotopic (exact) mass is 128 g/mol. The minimum absolute atomic E-state index is 0.148. The number of rotatable bonds is 3. The topological polar surface area (TPSA) is 46.5 Å². The number of carboxylic acids is 1. The zero-order valence-corrected chi connectivity index (χ0v) is 5.13. The zero-order chi connectivity index (χ0) is 7.28. The third kappa shape index (κ3) is 3.34. The van der Waals surface area contributed by atoms with Crippen LogP contribution in [0.4, 0.5) is 0 Å². The maximum atomic E-state index is 10.0. The summed E-state index contributed by atoms with van der Waals surface area (Å²) in [6.07, 6.45) is 2.28. The number of carboxylic acid groups (broad SMARTS) is 1. The molecule has 0 saturated carbocycles. The SMILES string of the molecule is C=COC=C(C)C(=O)O. The van der Waals surface area contributed by atoms with Crippen LogP contribution in [0.5, 0.6) is 0 Å². The molecule has 0 aliphatic rings. The lowest BCUT2D eigenvalue weighted by molar-refractivity contribution is -0.132. The Morgan fingerprint density at radius 1 is 1.78 bits per heavy atom. The molecule has 3 heteroatoms. The van der Waals surface area contributed by atoms with Crippen LogP contribution >= 0.6 is 0 Å². The first kappa shape index (κ1) is 7.75. The van der Waals surface area contributed by atoms with Crippen LogP contribution in [-0.2, 0) is 9.53 Å². The highest BCUT2D eigenvalue weighted by Crippen LogP contribution is 1.91. The molecule has 0 radical (unpaired) electrons. The highest BCUT2D eigenvalue weighted by molar-refractivity contribution is 5.85. The summed E-state index contributed by atoms with van der Waals surface area (Å²) >= 11 is 0. The fourth-order valence-electron chi connectivity index (χ4n) is 0.201. The van der Waals surface area contributed by atoms with E-state index in [1.165, 1.54) is 6.92 Å². The van der Waals surface area contributed by atoms with Gasteiger partial charge in [0.25, 0.3) is 0 Å².